The second kappa shape index (κ2) is 3.42. The Balaban J connectivity index is 2.93. The van der Waals surface area contributed by atoms with E-state index in [1.54, 1.807) is 0 Å². The van der Waals surface area contributed by atoms with Gasteiger partial charge in [0.15, 0.2) is 0 Å². The smallest absolute Gasteiger partial charge is 0.211 e. The van der Waals surface area contributed by atoms with Crippen molar-refractivity contribution in [3.05, 3.63) is 23.5 Å². The molecule has 1 heterocycles. The minimum atomic E-state index is -0.626. The molecule has 0 aliphatic heterocycles. The highest BCUT2D eigenvalue weighted by Crippen LogP contribution is 2.05. The zero-order chi connectivity index (χ0) is 8.27. The molecule has 2 nitrogen and oxygen atoms in total. The summed E-state index contributed by atoms with van der Waals surface area (Å²) < 4.78 is 12.4. The van der Waals surface area contributed by atoms with E-state index in [9.17, 15) is 4.39 Å². The summed E-state index contributed by atoms with van der Waals surface area (Å²) in [6.45, 7) is 3.93. The highest BCUT2D eigenvalue weighted by atomic mass is 19.1. The molecule has 0 fully saturated rings. The average molecular weight is 154 g/mol. The summed E-state index contributed by atoms with van der Waals surface area (Å²) in [6, 6.07) is 0. The zero-order valence-electron chi connectivity index (χ0n) is 6.76. The van der Waals surface area contributed by atoms with E-state index >= 15 is 0 Å². The molecule has 0 bridgehead atoms. The minimum Gasteiger partial charge on any atom is -0.211 e. The molecule has 0 radical (unpaired) electrons. The second-order valence-electron chi connectivity index (χ2n) is 2.52. The maximum atomic E-state index is 12.4. The monoisotopic (exact) mass is 154 g/mol. The number of rotatable bonds is 2. The van der Waals surface area contributed by atoms with Gasteiger partial charge in [-0.2, -0.15) is 4.39 Å². The lowest BCUT2D eigenvalue weighted by molar-refractivity contribution is 0.529. The van der Waals surface area contributed by atoms with Crippen LogP contribution in [0.2, 0.25) is 0 Å². The maximum absolute atomic E-state index is 12.4. The Morgan fingerprint density at radius 1 is 1.55 bits per heavy atom. The van der Waals surface area contributed by atoms with Gasteiger partial charge in [-0.05, 0) is 18.9 Å². The zero-order valence-corrected chi connectivity index (χ0v) is 6.76. The number of aryl methyl sites for hydroxylation is 2. The molecule has 0 aliphatic rings. The molecular weight excluding hydrogens is 143 g/mol. The van der Waals surface area contributed by atoms with Crippen molar-refractivity contribution in [2.24, 2.45) is 0 Å². The molecule has 11 heavy (non-hydrogen) atoms. The van der Waals surface area contributed by atoms with Gasteiger partial charge in [0.05, 0.1) is 0 Å². The van der Waals surface area contributed by atoms with Gasteiger partial charge in [-0.3, -0.25) is 0 Å². The van der Waals surface area contributed by atoms with Gasteiger partial charge < -0.3 is 0 Å². The van der Waals surface area contributed by atoms with Crippen molar-refractivity contribution in [1.82, 2.24) is 9.97 Å². The Morgan fingerprint density at radius 2 is 2.27 bits per heavy atom. The molecule has 60 valence electrons. The van der Waals surface area contributed by atoms with Crippen LogP contribution in [-0.2, 0) is 6.42 Å². The normalized spacial score (nSPS) is 10.1. The molecule has 0 saturated heterocycles. The highest BCUT2D eigenvalue weighted by Gasteiger charge is 2.00. The molecule has 0 saturated carbocycles. The predicted molar refractivity (Wildman–Crippen MR) is 40.7 cm³/mol. The molecule has 0 unspecified atom stereocenters. The fraction of sp³-hybridized carbons (Fsp3) is 0.500. The quantitative estimate of drug-likeness (QED) is 0.608. The van der Waals surface area contributed by atoms with Crippen molar-refractivity contribution < 1.29 is 4.39 Å². The molecule has 1 aromatic rings. The van der Waals surface area contributed by atoms with Crippen molar-refractivity contribution in [1.29, 1.82) is 0 Å². The van der Waals surface area contributed by atoms with E-state index in [1.807, 2.05) is 13.8 Å². The highest BCUT2D eigenvalue weighted by molar-refractivity contribution is 5.13. The summed E-state index contributed by atoms with van der Waals surface area (Å²) in [7, 11) is 0. The molecule has 3 heteroatoms. The summed E-state index contributed by atoms with van der Waals surface area (Å²) in [5.74, 6) is 0. The first kappa shape index (κ1) is 8.11. The van der Waals surface area contributed by atoms with Crippen LogP contribution in [0.3, 0.4) is 0 Å². The van der Waals surface area contributed by atoms with Crippen LogP contribution in [-0.4, -0.2) is 9.97 Å². The summed E-state index contributed by atoms with van der Waals surface area (Å²) in [6.07, 6.45) is 2.70. The Labute approximate surface area is 65.5 Å². The van der Waals surface area contributed by atoms with Gasteiger partial charge in [0.1, 0.15) is 0 Å². The number of nitrogens with zero attached hydrogens (tertiary/aromatic N) is 2. The van der Waals surface area contributed by atoms with Gasteiger partial charge in [-0.25, -0.2) is 9.97 Å². The third kappa shape index (κ3) is 1.97. The summed E-state index contributed by atoms with van der Waals surface area (Å²) >= 11 is 0. The molecule has 0 spiro atoms. The number of aromatic nitrogens is 2. The predicted octanol–water partition coefficient (Wildman–Crippen LogP) is 1.88. The molecular formula is C8H11FN2. The third-order valence-electron chi connectivity index (χ3n) is 1.53. The molecule has 1 rings (SSSR count). The van der Waals surface area contributed by atoms with Gasteiger partial charge >= 0.3 is 6.08 Å². The van der Waals surface area contributed by atoms with Crippen LogP contribution >= 0.6 is 0 Å². The molecule has 0 aliphatic carbocycles. The first-order valence-electron chi connectivity index (χ1n) is 3.72. The van der Waals surface area contributed by atoms with E-state index in [4.69, 9.17) is 0 Å². The van der Waals surface area contributed by atoms with Crippen molar-refractivity contribution in [2.45, 2.75) is 26.7 Å². The van der Waals surface area contributed by atoms with E-state index in [2.05, 4.69) is 9.97 Å². The Kier molecular flexibility index (Phi) is 2.52. The van der Waals surface area contributed by atoms with Gasteiger partial charge in [-0.15, -0.1) is 0 Å². The molecule has 1 aromatic heterocycles. The molecule has 0 aromatic carbocycles. The van der Waals surface area contributed by atoms with Crippen LogP contribution in [0, 0.1) is 13.0 Å². The van der Waals surface area contributed by atoms with Crippen LogP contribution in [0.1, 0.15) is 24.6 Å². The van der Waals surface area contributed by atoms with E-state index in [0.29, 0.717) is 0 Å². The van der Waals surface area contributed by atoms with Crippen molar-refractivity contribution >= 4 is 0 Å². The van der Waals surface area contributed by atoms with Gasteiger partial charge in [0.2, 0.25) is 0 Å². The Hall–Kier alpha value is -0.990. The van der Waals surface area contributed by atoms with Crippen molar-refractivity contribution in [3.8, 4) is 0 Å². The topological polar surface area (TPSA) is 25.8 Å². The van der Waals surface area contributed by atoms with E-state index in [1.165, 1.54) is 6.20 Å². The standard InChI is InChI=1S/C8H11FN2/c1-3-4-7-6(2)5-10-8(9)11-7/h5H,3-4H2,1-2H3. The van der Waals surface area contributed by atoms with Crippen LogP contribution in [0.15, 0.2) is 6.20 Å². The molecule has 0 N–H and O–H groups in total. The lowest BCUT2D eigenvalue weighted by Crippen LogP contribution is -1.98. The molecule has 0 atom stereocenters. The fourth-order valence-electron chi connectivity index (χ4n) is 0.943. The number of hydrogen-bond donors (Lipinski definition) is 0. The fourth-order valence-corrected chi connectivity index (χ4v) is 0.943. The van der Waals surface area contributed by atoms with Crippen LogP contribution in [0.25, 0.3) is 0 Å². The second-order valence-corrected chi connectivity index (χ2v) is 2.52. The number of halogens is 1. The van der Waals surface area contributed by atoms with E-state index in [-0.39, 0.29) is 0 Å². The number of hydrogen-bond acceptors (Lipinski definition) is 2. The SMILES string of the molecule is CCCc1nc(F)ncc1C. The first-order chi connectivity index (χ1) is 5.24. The lowest BCUT2D eigenvalue weighted by Gasteiger charge is -2.00. The third-order valence-corrected chi connectivity index (χ3v) is 1.53. The van der Waals surface area contributed by atoms with E-state index < -0.39 is 6.08 Å². The lowest BCUT2D eigenvalue weighted by atomic mass is 10.2. The van der Waals surface area contributed by atoms with Crippen molar-refractivity contribution in [3.63, 3.8) is 0 Å². The minimum absolute atomic E-state index is 0.626. The van der Waals surface area contributed by atoms with E-state index in [0.717, 1.165) is 24.1 Å². The maximum Gasteiger partial charge on any atom is 0.308 e. The summed E-state index contributed by atoms with van der Waals surface area (Å²) in [4.78, 5) is 7.13. The van der Waals surface area contributed by atoms with Crippen LogP contribution in [0.4, 0.5) is 4.39 Å². The van der Waals surface area contributed by atoms with Gasteiger partial charge in [-0.1, -0.05) is 13.3 Å². The van der Waals surface area contributed by atoms with Crippen LogP contribution in [0.5, 0.6) is 0 Å². The largest absolute Gasteiger partial charge is 0.308 e. The Morgan fingerprint density at radius 3 is 2.91 bits per heavy atom. The summed E-state index contributed by atoms with van der Waals surface area (Å²) in [5.41, 5.74) is 1.79. The van der Waals surface area contributed by atoms with Crippen molar-refractivity contribution in [2.75, 3.05) is 0 Å². The average Bonchev–Trinajstić information content (AvgIpc) is 1.98. The Bertz CT molecular complexity index is 248. The van der Waals surface area contributed by atoms with Gasteiger partial charge in [0, 0.05) is 11.9 Å². The first-order valence-corrected chi connectivity index (χ1v) is 3.72. The van der Waals surface area contributed by atoms with Gasteiger partial charge in [0.25, 0.3) is 0 Å². The molecule has 0 amide bonds. The summed E-state index contributed by atoms with van der Waals surface area (Å²) in [5, 5.41) is 0. The van der Waals surface area contributed by atoms with Crippen LogP contribution < -0.4 is 0 Å².